The van der Waals surface area contributed by atoms with E-state index in [1.54, 1.807) is 34.6 Å². The summed E-state index contributed by atoms with van der Waals surface area (Å²) in [4.78, 5) is 24.2. The number of Topliss-reactive ketones (excluding diaryl/α,β-unsaturated/α-hetero) is 1. The van der Waals surface area contributed by atoms with Crippen LogP contribution in [0.15, 0.2) is 0 Å². The van der Waals surface area contributed by atoms with Crippen molar-refractivity contribution in [1.82, 2.24) is 4.90 Å². The molecule has 0 aliphatic carbocycles. The molecule has 1 rings (SSSR count). The molecule has 1 amide bonds. The van der Waals surface area contributed by atoms with Crippen LogP contribution in [0, 0.1) is 0 Å². The van der Waals surface area contributed by atoms with E-state index >= 15 is 0 Å². The molecule has 1 fully saturated rings. The third-order valence-corrected chi connectivity index (χ3v) is 2.27. The molecule has 0 radical (unpaired) electrons. The minimum absolute atomic E-state index is 0.0726. The molecule has 4 heteroatoms. The van der Waals surface area contributed by atoms with E-state index in [1.165, 1.54) is 4.90 Å². The maximum Gasteiger partial charge on any atom is 0.411 e. The van der Waals surface area contributed by atoms with Crippen LogP contribution in [-0.4, -0.2) is 34.5 Å². The molecule has 0 saturated carbocycles. The average molecular weight is 199 g/mol. The van der Waals surface area contributed by atoms with Gasteiger partial charge in [-0.05, 0) is 34.6 Å². The van der Waals surface area contributed by atoms with E-state index < -0.39 is 17.2 Å². The molecule has 1 aliphatic heterocycles. The summed E-state index contributed by atoms with van der Waals surface area (Å²) >= 11 is 0. The smallest absolute Gasteiger partial charge is 0.411 e. The van der Waals surface area contributed by atoms with Crippen molar-refractivity contribution in [2.24, 2.45) is 0 Å². The highest BCUT2D eigenvalue weighted by Crippen LogP contribution is 2.27. The lowest BCUT2D eigenvalue weighted by Crippen LogP contribution is -2.67. The van der Waals surface area contributed by atoms with E-state index in [0.29, 0.717) is 0 Å². The Balaban J connectivity index is 2.61. The SMILES string of the molecule is CC(C)(C)OC(=O)N1CC(=O)C1(C)C. The van der Waals surface area contributed by atoms with E-state index in [4.69, 9.17) is 4.74 Å². The summed E-state index contributed by atoms with van der Waals surface area (Å²) in [6.45, 7) is 9.03. The maximum atomic E-state index is 11.6. The predicted molar refractivity (Wildman–Crippen MR) is 52.0 cm³/mol. The van der Waals surface area contributed by atoms with Gasteiger partial charge in [0.2, 0.25) is 0 Å². The number of ether oxygens (including phenoxy) is 1. The minimum Gasteiger partial charge on any atom is -0.444 e. The second kappa shape index (κ2) is 2.97. The van der Waals surface area contributed by atoms with Crippen molar-refractivity contribution in [2.45, 2.75) is 45.8 Å². The fourth-order valence-corrected chi connectivity index (χ4v) is 1.20. The zero-order valence-corrected chi connectivity index (χ0v) is 9.38. The van der Waals surface area contributed by atoms with Crippen LogP contribution in [0.1, 0.15) is 34.6 Å². The minimum atomic E-state index is -0.692. The van der Waals surface area contributed by atoms with Crippen molar-refractivity contribution >= 4 is 11.9 Å². The van der Waals surface area contributed by atoms with Crippen molar-refractivity contribution in [3.8, 4) is 0 Å². The molecule has 0 bridgehead atoms. The quantitative estimate of drug-likeness (QED) is 0.595. The van der Waals surface area contributed by atoms with Gasteiger partial charge in [0.15, 0.2) is 5.78 Å². The highest BCUT2D eigenvalue weighted by Gasteiger charge is 2.49. The number of ketones is 1. The molecular weight excluding hydrogens is 182 g/mol. The highest BCUT2D eigenvalue weighted by atomic mass is 16.6. The first kappa shape index (κ1) is 11.0. The Bertz CT molecular complexity index is 276. The molecule has 0 spiro atoms. The fraction of sp³-hybridized carbons (Fsp3) is 0.800. The van der Waals surface area contributed by atoms with Crippen LogP contribution < -0.4 is 0 Å². The van der Waals surface area contributed by atoms with Crippen molar-refractivity contribution < 1.29 is 14.3 Å². The monoisotopic (exact) mass is 199 g/mol. The van der Waals surface area contributed by atoms with Crippen molar-refractivity contribution in [3.63, 3.8) is 0 Å². The summed E-state index contributed by atoms with van der Waals surface area (Å²) in [7, 11) is 0. The van der Waals surface area contributed by atoms with Crippen LogP contribution in [0.2, 0.25) is 0 Å². The molecule has 1 aliphatic rings. The van der Waals surface area contributed by atoms with Crippen LogP contribution in [0.3, 0.4) is 0 Å². The lowest BCUT2D eigenvalue weighted by atomic mass is 9.88. The van der Waals surface area contributed by atoms with Crippen molar-refractivity contribution in [1.29, 1.82) is 0 Å². The first-order valence-electron chi connectivity index (χ1n) is 4.68. The van der Waals surface area contributed by atoms with E-state index in [2.05, 4.69) is 0 Å². The molecular formula is C10H17NO3. The highest BCUT2D eigenvalue weighted by molar-refractivity contribution is 6.00. The lowest BCUT2D eigenvalue weighted by Gasteiger charge is -2.46. The van der Waals surface area contributed by atoms with Gasteiger partial charge in [-0.25, -0.2) is 4.79 Å². The second-order valence-electron chi connectivity index (χ2n) is 5.05. The molecule has 0 N–H and O–H groups in total. The summed E-state index contributed by atoms with van der Waals surface area (Å²) < 4.78 is 5.16. The van der Waals surface area contributed by atoms with Crippen LogP contribution in [0.25, 0.3) is 0 Å². The number of rotatable bonds is 0. The van der Waals surface area contributed by atoms with Crippen molar-refractivity contribution in [2.75, 3.05) is 6.54 Å². The third kappa shape index (κ3) is 1.89. The molecule has 1 heterocycles. The Labute approximate surface area is 84.2 Å². The number of carbonyl (C=O) groups excluding carboxylic acids is 2. The van der Waals surface area contributed by atoms with Gasteiger partial charge in [-0.3, -0.25) is 9.69 Å². The van der Waals surface area contributed by atoms with E-state index in [1.807, 2.05) is 0 Å². The van der Waals surface area contributed by atoms with Crippen molar-refractivity contribution in [3.05, 3.63) is 0 Å². The second-order valence-corrected chi connectivity index (χ2v) is 5.05. The van der Waals surface area contributed by atoms with Crippen LogP contribution in [0.4, 0.5) is 4.79 Å². The molecule has 4 nitrogen and oxygen atoms in total. The number of hydrogen-bond acceptors (Lipinski definition) is 3. The topological polar surface area (TPSA) is 46.6 Å². The van der Waals surface area contributed by atoms with Crippen LogP contribution in [0.5, 0.6) is 0 Å². The van der Waals surface area contributed by atoms with Gasteiger partial charge in [0.05, 0.1) is 6.54 Å². The first-order chi connectivity index (χ1) is 6.14. The normalized spacial score (nSPS) is 20.4. The molecule has 0 unspecified atom stereocenters. The molecule has 0 aromatic heterocycles. The standard InChI is InChI=1S/C10H17NO3/c1-9(2,3)14-8(13)11-6-7(12)10(11,4)5/h6H2,1-5H3. The molecule has 0 atom stereocenters. The number of likely N-dealkylation sites (tertiary alicyclic amines) is 1. The van der Waals surface area contributed by atoms with Crippen LogP contribution in [-0.2, 0) is 9.53 Å². The first-order valence-corrected chi connectivity index (χ1v) is 4.68. The van der Waals surface area contributed by atoms with E-state index in [0.717, 1.165) is 0 Å². The van der Waals surface area contributed by atoms with Gasteiger partial charge in [-0.15, -0.1) is 0 Å². The summed E-state index contributed by atoms with van der Waals surface area (Å²) in [5.41, 5.74) is -1.20. The molecule has 80 valence electrons. The van der Waals surface area contributed by atoms with Crippen LogP contribution >= 0.6 is 0 Å². The Morgan fingerprint density at radius 2 is 1.93 bits per heavy atom. The number of amides is 1. The molecule has 0 aromatic carbocycles. The summed E-state index contributed by atoms with van der Waals surface area (Å²) in [6, 6.07) is 0. The van der Waals surface area contributed by atoms with Gasteiger partial charge in [0, 0.05) is 0 Å². The molecule has 1 saturated heterocycles. The molecule has 14 heavy (non-hydrogen) atoms. The average Bonchev–Trinajstić information content (AvgIpc) is 1.96. The van der Waals surface area contributed by atoms with Gasteiger partial charge in [0.1, 0.15) is 11.1 Å². The maximum absolute atomic E-state index is 11.6. The van der Waals surface area contributed by atoms with Gasteiger partial charge in [-0.1, -0.05) is 0 Å². The zero-order valence-electron chi connectivity index (χ0n) is 9.38. The van der Waals surface area contributed by atoms with Gasteiger partial charge in [0.25, 0.3) is 0 Å². The van der Waals surface area contributed by atoms with E-state index in [-0.39, 0.29) is 12.3 Å². The van der Waals surface area contributed by atoms with E-state index in [9.17, 15) is 9.59 Å². The fourth-order valence-electron chi connectivity index (χ4n) is 1.20. The Kier molecular flexibility index (Phi) is 2.34. The number of hydrogen-bond donors (Lipinski definition) is 0. The Morgan fingerprint density at radius 1 is 1.43 bits per heavy atom. The third-order valence-electron chi connectivity index (χ3n) is 2.27. The lowest BCUT2D eigenvalue weighted by molar-refractivity contribution is -0.143. The van der Waals surface area contributed by atoms with Gasteiger partial charge < -0.3 is 4.74 Å². The largest absolute Gasteiger partial charge is 0.444 e. The molecule has 0 aromatic rings. The van der Waals surface area contributed by atoms with Gasteiger partial charge >= 0.3 is 6.09 Å². The summed E-state index contributed by atoms with van der Waals surface area (Å²) in [5.74, 6) is 0.0726. The Morgan fingerprint density at radius 3 is 2.21 bits per heavy atom. The van der Waals surface area contributed by atoms with Gasteiger partial charge in [-0.2, -0.15) is 0 Å². The number of carbonyl (C=O) groups is 2. The zero-order chi connectivity index (χ0) is 11.1. The summed E-state index contributed by atoms with van der Waals surface area (Å²) in [5, 5.41) is 0. The number of nitrogens with zero attached hydrogens (tertiary/aromatic N) is 1. The summed E-state index contributed by atoms with van der Waals surface area (Å²) in [6.07, 6.45) is -0.415. The predicted octanol–water partition coefficient (Wildman–Crippen LogP) is 1.58. The Hall–Kier alpha value is -1.06.